The van der Waals surface area contributed by atoms with E-state index in [1.165, 1.54) is 0 Å². The van der Waals surface area contributed by atoms with E-state index >= 15 is 0 Å². The Morgan fingerprint density at radius 3 is 3.14 bits per heavy atom. The third kappa shape index (κ3) is 1.77. The van der Waals surface area contributed by atoms with Gasteiger partial charge in [-0.25, -0.2) is 4.79 Å². The number of hydrogen-bond donors (Lipinski definition) is 2. The molecule has 76 valence electrons. The monoisotopic (exact) mass is 194 g/mol. The number of nitrogens with zero attached hydrogens (tertiary/aromatic N) is 2. The molecule has 1 aliphatic heterocycles. The highest BCUT2D eigenvalue weighted by atomic mass is 16.1. The van der Waals surface area contributed by atoms with Crippen LogP contribution >= 0.6 is 0 Å². The summed E-state index contributed by atoms with van der Waals surface area (Å²) in [6.45, 7) is 1.87. The molecule has 5 nitrogen and oxygen atoms in total. The summed E-state index contributed by atoms with van der Waals surface area (Å²) in [6.07, 6.45) is 3.85. The standard InChI is InChI=1S/C9H14N4O/c10-8-3-5-13(9(14)12-8)7-2-1-4-11-6-7/h3,5,7,11H,1-2,4,6H2,(H2,10,12,14)/t7-/m0/s1. The van der Waals surface area contributed by atoms with Gasteiger partial charge >= 0.3 is 5.69 Å². The van der Waals surface area contributed by atoms with Crippen LogP contribution in [0.1, 0.15) is 18.9 Å². The fourth-order valence-electron chi connectivity index (χ4n) is 1.77. The van der Waals surface area contributed by atoms with Gasteiger partial charge in [-0.15, -0.1) is 0 Å². The highest BCUT2D eigenvalue weighted by Crippen LogP contribution is 2.13. The lowest BCUT2D eigenvalue weighted by Gasteiger charge is -2.24. The molecule has 1 aromatic heterocycles. The minimum absolute atomic E-state index is 0.226. The van der Waals surface area contributed by atoms with E-state index in [1.54, 1.807) is 16.8 Å². The molecule has 2 heterocycles. The first kappa shape index (κ1) is 9.21. The van der Waals surface area contributed by atoms with Crippen molar-refractivity contribution >= 4 is 5.82 Å². The highest BCUT2D eigenvalue weighted by Gasteiger charge is 2.15. The molecule has 3 N–H and O–H groups in total. The van der Waals surface area contributed by atoms with Gasteiger partial charge in [0.05, 0.1) is 6.04 Å². The Hall–Kier alpha value is -1.36. The molecule has 2 rings (SSSR count). The van der Waals surface area contributed by atoms with Gasteiger partial charge in [-0.1, -0.05) is 0 Å². The summed E-state index contributed by atoms with van der Waals surface area (Å²) in [5, 5.41) is 3.26. The first-order valence-electron chi connectivity index (χ1n) is 4.83. The summed E-state index contributed by atoms with van der Waals surface area (Å²) in [5.74, 6) is 0.287. The van der Waals surface area contributed by atoms with Crippen molar-refractivity contribution < 1.29 is 0 Å². The third-order valence-corrected chi connectivity index (χ3v) is 2.52. The van der Waals surface area contributed by atoms with Crippen LogP contribution < -0.4 is 16.7 Å². The van der Waals surface area contributed by atoms with Gasteiger partial charge in [0, 0.05) is 12.7 Å². The Bertz CT molecular complexity index is 367. The molecule has 0 aromatic carbocycles. The van der Waals surface area contributed by atoms with Gasteiger partial charge in [-0.3, -0.25) is 4.57 Å². The quantitative estimate of drug-likeness (QED) is 0.646. The minimum Gasteiger partial charge on any atom is -0.383 e. The fourth-order valence-corrected chi connectivity index (χ4v) is 1.77. The topological polar surface area (TPSA) is 72.9 Å². The molecule has 0 unspecified atom stereocenters. The summed E-state index contributed by atoms with van der Waals surface area (Å²) >= 11 is 0. The molecule has 0 radical (unpaired) electrons. The van der Waals surface area contributed by atoms with E-state index in [1.807, 2.05) is 0 Å². The van der Waals surface area contributed by atoms with Crippen LogP contribution in [0, 0.1) is 0 Å². The first-order valence-corrected chi connectivity index (χ1v) is 4.83. The van der Waals surface area contributed by atoms with Gasteiger partial charge < -0.3 is 11.1 Å². The number of rotatable bonds is 1. The van der Waals surface area contributed by atoms with Gasteiger partial charge in [0.25, 0.3) is 0 Å². The second kappa shape index (κ2) is 3.79. The zero-order chi connectivity index (χ0) is 9.97. The van der Waals surface area contributed by atoms with Gasteiger partial charge in [0.2, 0.25) is 0 Å². The number of anilines is 1. The largest absolute Gasteiger partial charge is 0.383 e. The number of hydrogen-bond acceptors (Lipinski definition) is 4. The molecule has 14 heavy (non-hydrogen) atoms. The van der Waals surface area contributed by atoms with Crippen LogP contribution in [0.2, 0.25) is 0 Å². The molecular formula is C9H14N4O. The SMILES string of the molecule is Nc1ccn([C@H]2CCCNC2)c(=O)n1. The maximum Gasteiger partial charge on any atom is 0.349 e. The van der Waals surface area contributed by atoms with Crippen molar-refractivity contribution in [2.75, 3.05) is 18.8 Å². The number of nitrogens with two attached hydrogens (primary N) is 1. The van der Waals surface area contributed by atoms with E-state index in [9.17, 15) is 4.79 Å². The van der Waals surface area contributed by atoms with Crippen molar-refractivity contribution in [1.29, 1.82) is 0 Å². The predicted octanol–water partition coefficient (Wildman–Crippen LogP) is -0.250. The predicted molar refractivity (Wildman–Crippen MR) is 54.1 cm³/mol. The zero-order valence-electron chi connectivity index (χ0n) is 7.94. The zero-order valence-corrected chi connectivity index (χ0v) is 7.94. The van der Waals surface area contributed by atoms with Crippen molar-refractivity contribution in [3.8, 4) is 0 Å². The lowest BCUT2D eigenvalue weighted by molar-refractivity contribution is 0.360. The number of aromatic nitrogens is 2. The summed E-state index contributed by atoms with van der Waals surface area (Å²) in [4.78, 5) is 15.2. The minimum atomic E-state index is -0.251. The molecule has 0 aliphatic carbocycles. The Balaban J connectivity index is 2.26. The van der Waals surface area contributed by atoms with Crippen molar-refractivity contribution in [2.24, 2.45) is 0 Å². The number of piperidine rings is 1. The van der Waals surface area contributed by atoms with Crippen LogP contribution in [-0.2, 0) is 0 Å². The summed E-state index contributed by atoms with van der Waals surface area (Å²) in [7, 11) is 0. The van der Waals surface area contributed by atoms with Crippen molar-refractivity contribution in [3.63, 3.8) is 0 Å². The van der Waals surface area contributed by atoms with E-state index < -0.39 is 0 Å². The molecule has 1 aliphatic rings. The Morgan fingerprint density at radius 1 is 1.64 bits per heavy atom. The van der Waals surface area contributed by atoms with Gasteiger partial charge in [0.15, 0.2) is 0 Å². The van der Waals surface area contributed by atoms with Gasteiger partial charge in [-0.2, -0.15) is 4.98 Å². The fraction of sp³-hybridized carbons (Fsp3) is 0.556. The van der Waals surface area contributed by atoms with Crippen molar-refractivity contribution in [3.05, 3.63) is 22.7 Å². The summed E-state index contributed by atoms with van der Waals surface area (Å²) < 4.78 is 1.66. The Morgan fingerprint density at radius 2 is 2.50 bits per heavy atom. The summed E-state index contributed by atoms with van der Waals surface area (Å²) in [6, 6.07) is 1.89. The van der Waals surface area contributed by atoms with E-state index in [0.717, 1.165) is 25.9 Å². The van der Waals surface area contributed by atoms with Crippen molar-refractivity contribution in [1.82, 2.24) is 14.9 Å². The van der Waals surface area contributed by atoms with E-state index in [2.05, 4.69) is 10.3 Å². The average molecular weight is 194 g/mol. The van der Waals surface area contributed by atoms with Crippen LogP contribution in [0.5, 0.6) is 0 Å². The smallest absolute Gasteiger partial charge is 0.349 e. The van der Waals surface area contributed by atoms with Crippen molar-refractivity contribution in [2.45, 2.75) is 18.9 Å². The lowest BCUT2D eigenvalue weighted by atomic mass is 10.1. The van der Waals surface area contributed by atoms with Crippen LogP contribution in [0.25, 0.3) is 0 Å². The average Bonchev–Trinajstić information content (AvgIpc) is 2.19. The van der Waals surface area contributed by atoms with E-state index in [0.29, 0.717) is 0 Å². The molecule has 0 spiro atoms. The maximum absolute atomic E-state index is 11.5. The second-order valence-electron chi connectivity index (χ2n) is 3.54. The molecular weight excluding hydrogens is 180 g/mol. The molecule has 5 heteroatoms. The van der Waals surface area contributed by atoms with Crippen LogP contribution in [0.3, 0.4) is 0 Å². The normalized spacial score (nSPS) is 22.1. The summed E-state index contributed by atoms with van der Waals surface area (Å²) in [5.41, 5.74) is 5.17. The van der Waals surface area contributed by atoms with E-state index in [4.69, 9.17) is 5.73 Å². The van der Waals surface area contributed by atoms with Crippen LogP contribution in [0.15, 0.2) is 17.1 Å². The molecule has 1 fully saturated rings. The number of nitrogen functional groups attached to an aromatic ring is 1. The molecule has 1 aromatic rings. The first-order chi connectivity index (χ1) is 6.77. The molecule has 1 saturated heterocycles. The number of nitrogens with one attached hydrogen (secondary N) is 1. The lowest BCUT2D eigenvalue weighted by Crippen LogP contribution is -2.37. The Labute approximate surface area is 82.0 Å². The Kier molecular flexibility index (Phi) is 2.49. The second-order valence-corrected chi connectivity index (χ2v) is 3.54. The van der Waals surface area contributed by atoms with Crippen LogP contribution in [0.4, 0.5) is 5.82 Å². The third-order valence-electron chi connectivity index (χ3n) is 2.52. The van der Waals surface area contributed by atoms with E-state index in [-0.39, 0.29) is 17.5 Å². The molecule has 0 bridgehead atoms. The molecule has 0 amide bonds. The molecule has 1 atom stereocenters. The van der Waals surface area contributed by atoms with Gasteiger partial charge in [-0.05, 0) is 25.5 Å². The maximum atomic E-state index is 11.5. The van der Waals surface area contributed by atoms with Gasteiger partial charge in [0.1, 0.15) is 5.82 Å². The molecule has 0 saturated carbocycles. The highest BCUT2D eigenvalue weighted by molar-refractivity contribution is 5.23. The van der Waals surface area contributed by atoms with Crippen LogP contribution in [-0.4, -0.2) is 22.6 Å².